The van der Waals surface area contributed by atoms with Crippen LogP contribution in [0.25, 0.3) is 5.70 Å². The van der Waals surface area contributed by atoms with E-state index in [1.54, 1.807) is 6.92 Å². The lowest BCUT2D eigenvalue weighted by Gasteiger charge is -2.29. The molecule has 118 valence electrons. The molecular weight excluding hydrogens is 280 g/mol. The first kappa shape index (κ1) is 16.1. The highest BCUT2D eigenvalue weighted by Gasteiger charge is 2.32. The van der Waals surface area contributed by atoms with E-state index >= 15 is 0 Å². The van der Waals surface area contributed by atoms with Crippen LogP contribution >= 0.6 is 0 Å². The molecule has 0 saturated heterocycles. The molecule has 1 atom stereocenters. The molecule has 5 nitrogen and oxygen atoms in total. The number of amides is 2. The van der Waals surface area contributed by atoms with Crippen molar-refractivity contribution < 1.29 is 14.3 Å². The topological polar surface area (TPSA) is 67.4 Å². The summed E-state index contributed by atoms with van der Waals surface area (Å²) in [5.74, 6) is -0.385. The molecule has 1 aliphatic heterocycles. The zero-order valence-corrected chi connectivity index (χ0v) is 13.2. The molecule has 0 aliphatic carbocycles. The van der Waals surface area contributed by atoms with Gasteiger partial charge >= 0.3 is 12.0 Å². The summed E-state index contributed by atoms with van der Waals surface area (Å²) >= 11 is 0. The van der Waals surface area contributed by atoms with Crippen molar-refractivity contribution in [1.82, 2.24) is 10.6 Å². The Hall–Kier alpha value is -2.30. The number of nitrogens with one attached hydrogen (secondary N) is 2. The number of hydrogen-bond donors (Lipinski definition) is 2. The van der Waals surface area contributed by atoms with Gasteiger partial charge < -0.3 is 15.4 Å². The first-order valence-electron chi connectivity index (χ1n) is 7.62. The Balaban J connectivity index is 2.51. The highest BCUT2D eigenvalue weighted by atomic mass is 16.5. The highest BCUT2D eigenvalue weighted by molar-refractivity contribution is 6.04. The van der Waals surface area contributed by atoms with Gasteiger partial charge in [-0.15, -0.1) is 0 Å². The predicted octanol–water partition coefficient (Wildman–Crippen LogP) is 2.75. The monoisotopic (exact) mass is 302 g/mol. The van der Waals surface area contributed by atoms with Crippen molar-refractivity contribution in [2.75, 3.05) is 6.61 Å². The highest BCUT2D eigenvalue weighted by Crippen LogP contribution is 2.25. The SMILES string of the molecule is CCCC1NC(=O)NC(c2ccc(C)cc2)=C1C(=O)OCC. The number of ether oxygens (including phenoxy) is 1. The van der Waals surface area contributed by atoms with Gasteiger partial charge in [0, 0.05) is 0 Å². The maximum atomic E-state index is 12.4. The van der Waals surface area contributed by atoms with Gasteiger partial charge in [-0.3, -0.25) is 0 Å². The minimum Gasteiger partial charge on any atom is -0.463 e. The quantitative estimate of drug-likeness (QED) is 0.822. The lowest BCUT2D eigenvalue weighted by Crippen LogP contribution is -2.49. The molecule has 0 spiro atoms. The number of carbonyl (C=O) groups is 2. The third-order valence-electron chi connectivity index (χ3n) is 3.57. The number of aryl methyl sites for hydroxylation is 1. The van der Waals surface area contributed by atoms with E-state index in [0.717, 1.165) is 17.5 Å². The molecule has 2 amide bonds. The van der Waals surface area contributed by atoms with E-state index in [1.807, 2.05) is 38.1 Å². The van der Waals surface area contributed by atoms with Crippen LogP contribution < -0.4 is 10.6 Å². The zero-order chi connectivity index (χ0) is 16.1. The summed E-state index contributed by atoms with van der Waals surface area (Å²) in [6, 6.07) is 7.09. The summed E-state index contributed by atoms with van der Waals surface area (Å²) in [7, 11) is 0. The van der Waals surface area contributed by atoms with Gasteiger partial charge in [-0.1, -0.05) is 43.2 Å². The molecule has 1 unspecified atom stereocenters. The summed E-state index contributed by atoms with van der Waals surface area (Å²) in [5, 5.41) is 5.57. The van der Waals surface area contributed by atoms with E-state index < -0.39 is 0 Å². The van der Waals surface area contributed by atoms with Gasteiger partial charge in [0.25, 0.3) is 0 Å². The number of esters is 1. The van der Waals surface area contributed by atoms with Gasteiger partial charge in [0.2, 0.25) is 0 Å². The van der Waals surface area contributed by atoms with Crippen molar-refractivity contribution >= 4 is 17.7 Å². The largest absolute Gasteiger partial charge is 0.463 e. The Morgan fingerprint density at radius 1 is 1.23 bits per heavy atom. The molecule has 0 saturated carbocycles. The van der Waals surface area contributed by atoms with Crippen LogP contribution in [0.3, 0.4) is 0 Å². The molecule has 2 rings (SSSR count). The third kappa shape index (κ3) is 3.47. The van der Waals surface area contributed by atoms with E-state index in [2.05, 4.69) is 10.6 Å². The first-order chi connectivity index (χ1) is 10.6. The number of urea groups is 1. The fourth-order valence-corrected chi connectivity index (χ4v) is 2.53. The molecule has 1 aliphatic rings. The molecular formula is C17H22N2O3. The maximum Gasteiger partial charge on any atom is 0.338 e. The number of carbonyl (C=O) groups excluding carboxylic acids is 2. The van der Waals surface area contributed by atoms with Crippen LogP contribution in [-0.4, -0.2) is 24.6 Å². The maximum absolute atomic E-state index is 12.4. The smallest absolute Gasteiger partial charge is 0.338 e. The first-order valence-corrected chi connectivity index (χ1v) is 7.62. The van der Waals surface area contributed by atoms with Crippen molar-refractivity contribution in [2.45, 2.75) is 39.7 Å². The van der Waals surface area contributed by atoms with Crippen molar-refractivity contribution in [3.63, 3.8) is 0 Å². The van der Waals surface area contributed by atoms with Crippen LogP contribution in [0.5, 0.6) is 0 Å². The van der Waals surface area contributed by atoms with Gasteiger partial charge in [-0.05, 0) is 25.8 Å². The number of rotatable bonds is 5. The Labute approximate surface area is 130 Å². The summed E-state index contributed by atoms with van der Waals surface area (Å²) in [4.78, 5) is 24.3. The zero-order valence-electron chi connectivity index (χ0n) is 13.2. The predicted molar refractivity (Wildman–Crippen MR) is 85.1 cm³/mol. The molecule has 2 N–H and O–H groups in total. The van der Waals surface area contributed by atoms with Crippen molar-refractivity contribution in [3.8, 4) is 0 Å². The normalized spacial score (nSPS) is 17.8. The molecule has 1 aromatic carbocycles. The second-order valence-electron chi connectivity index (χ2n) is 5.31. The Morgan fingerprint density at radius 3 is 2.50 bits per heavy atom. The van der Waals surface area contributed by atoms with Crippen LogP contribution in [0.2, 0.25) is 0 Å². The number of hydrogen-bond acceptors (Lipinski definition) is 3. The van der Waals surface area contributed by atoms with Gasteiger partial charge in [0.15, 0.2) is 0 Å². The average Bonchev–Trinajstić information content (AvgIpc) is 2.48. The molecule has 0 radical (unpaired) electrons. The molecule has 1 aromatic rings. The van der Waals surface area contributed by atoms with E-state index in [0.29, 0.717) is 24.3 Å². The van der Waals surface area contributed by atoms with Crippen LogP contribution in [0.4, 0.5) is 4.79 Å². The Kier molecular flexibility index (Phi) is 5.20. The lowest BCUT2D eigenvalue weighted by atomic mass is 9.94. The van der Waals surface area contributed by atoms with Crippen LogP contribution in [-0.2, 0) is 9.53 Å². The van der Waals surface area contributed by atoms with Crippen LogP contribution in [0.1, 0.15) is 37.8 Å². The Bertz CT molecular complexity index is 590. The van der Waals surface area contributed by atoms with Crippen molar-refractivity contribution in [1.29, 1.82) is 0 Å². The minimum atomic E-state index is -0.385. The molecule has 0 bridgehead atoms. The van der Waals surface area contributed by atoms with Gasteiger partial charge in [0.05, 0.1) is 23.9 Å². The van der Waals surface area contributed by atoms with E-state index in [1.165, 1.54) is 0 Å². The molecule has 5 heteroatoms. The minimum absolute atomic E-state index is 0.290. The summed E-state index contributed by atoms with van der Waals surface area (Å²) in [5.41, 5.74) is 2.96. The lowest BCUT2D eigenvalue weighted by molar-refractivity contribution is -0.138. The second kappa shape index (κ2) is 7.11. The van der Waals surface area contributed by atoms with E-state index in [4.69, 9.17) is 4.74 Å². The summed E-state index contributed by atoms with van der Waals surface area (Å²) in [6.45, 7) is 6.08. The number of benzene rings is 1. The standard InChI is InChI=1S/C17H22N2O3/c1-4-6-13-14(16(20)22-5-2)15(19-17(21)18-13)12-9-7-11(3)8-10-12/h7-10,13H,4-6H2,1-3H3,(H2,18,19,21). The third-order valence-corrected chi connectivity index (χ3v) is 3.57. The summed E-state index contributed by atoms with van der Waals surface area (Å²) in [6.07, 6.45) is 1.55. The van der Waals surface area contributed by atoms with E-state index in [9.17, 15) is 9.59 Å². The molecule has 1 heterocycles. The van der Waals surface area contributed by atoms with Crippen molar-refractivity contribution in [2.24, 2.45) is 0 Å². The van der Waals surface area contributed by atoms with Gasteiger partial charge in [-0.25, -0.2) is 9.59 Å². The van der Waals surface area contributed by atoms with Gasteiger partial charge in [0.1, 0.15) is 0 Å². The molecule has 22 heavy (non-hydrogen) atoms. The van der Waals surface area contributed by atoms with Crippen LogP contribution in [0, 0.1) is 6.92 Å². The average molecular weight is 302 g/mol. The van der Waals surface area contributed by atoms with Crippen molar-refractivity contribution in [3.05, 3.63) is 41.0 Å². The molecule has 0 aromatic heterocycles. The van der Waals surface area contributed by atoms with E-state index in [-0.39, 0.29) is 18.0 Å². The fraction of sp³-hybridized carbons (Fsp3) is 0.412. The molecule has 0 fully saturated rings. The van der Waals surface area contributed by atoms with Gasteiger partial charge in [-0.2, -0.15) is 0 Å². The van der Waals surface area contributed by atoms with Crippen LogP contribution in [0.15, 0.2) is 29.8 Å². The second-order valence-corrected chi connectivity index (χ2v) is 5.31. The summed E-state index contributed by atoms with van der Waals surface area (Å²) < 4.78 is 5.18. The fourth-order valence-electron chi connectivity index (χ4n) is 2.53. The Morgan fingerprint density at radius 2 is 1.91 bits per heavy atom.